The monoisotopic (exact) mass is 267 g/mol. The first-order valence-corrected chi connectivity index (χ1v) is 6.64. The Kier molecular flexibility index (Phi) is 4.96. The SMILES string of the molecule is CCCOc1cccnc1NCc1ccc(C#N)cc1. The zero-order valence-electron chi connectivity index (χ0n) is 11.5. The van der Waals surface area contributed by atoms with Crippen LogP contribution < -0.4 is 10.1 Å². The third-order valence-corrected chi connectivity index (χ3v) is 2.78. The van der Waals surface area contributed by atoms with Crippen LogP contribution in [0.3, 0.4) is 0 Å². The molecule has 0 aliphatic carbocycles. The number of hydrogen-bond donors (Lipinski definition) is 1. The van der Waals surface area contributed by atoms with Crippen molar-refractivity contribution in [2.45, 2.75) is 19.9 Å². The molecule has 0 fully saturated rings. The topological polar surface area (TPSA) is 57.9 Å². The number of rotatable bonds is 6. The number of nitrogens with zero attached hydrogens (tertiary/aromatic N) is 2. The van der Waals surface area contributed by atoms with Crippen LogP contribution in [0.15, 0.2) is 42.6 Å². The fraction of sp³-hybridized carbons (Fsp3) is 0.250. The van der Waals surface area contributed by atoms with Crippen molar-refractivity contribution in [3.05, 3.63) is 53.7 Å². The molecular formula is C16H17N3O. The molecule has 1 aromatic heterocycles. The van der Waals surface area contributed by atoms with E-state index in [-0.39, 0.29) is 0 Å². The van der Waals surface area contributed by atoms with E-state index >= 15 is 0 Å². The van der Waals surface area contributed by atoms with Crippen molar-refractivity contribution in [1.82, 2.24) is 4.98 Å². The van der Waals surface area contributed by atoms with Gasteiger partial charge in [-0.3, -0.25) is 0 Å². The Morgan fingerprint density at radius 1 is 1.25 bits per heavy atom. The average Bonchev–Trinajstić information content (AvgIpc) is 2.52. The van der Waals surface area contributed by atoms with E-state index in [2.05, 4.69) is 23.3 Å². The maximum Gasteiger partial charge on any atom is 0.169 e. The molecule has 1 N–H and O–H groups in total. The van der Waals surface area contributed by atoms with Crippen molar-refractivity contribution < 1.29 is 4.74 Å². The predicted molar refractivity (Wildman–Crippen MR) is 78.5 cm³/mol. The van der Waals surface area contributed by atoms with E-state index in [0.717, 1.165) is 23.6 Å². The van der Waals surface area contributed by atoms with Gasteiger partial charge in [-0.25, -0.2) is 4.98 Å². The summed E-state index contributed by atoms with van der Waals surface area (Å²) in [6.45, 7) is 3.39. The highest BCUT2D eigenvalue weighted by atomic mass is 16.5. The van der Waals surface area contributed by atoms with Gasteiger partial charge in [0.1, 0.15) is 0 Å². The average molecular weight is 267 g/mol. The third-order valence-electron chi connectivity index (χ3n) is 2.78. The first-order chi connectivity index (χ1) is 9.83. The standard InChI is InChI=1S/C16H17N3O/c1-2-10-20-15-4-3-9-18-16(15)19-12-14-7-5-13(11-17)6-8-14/h3-9H,2,10,12H2,1H3,(H,18,19). The molecular weight excluding hydrogens is 250 g/mol. The Bertz CT molecular complexity index is 587. The Morgan fingerprint density at radius 3 is 2.75 bits per heavy atom. The molecule has 2 rings (SSSR count). The largest absolute Gasteiger partial charge is 0.490 e. The van der Waals surface area contributed by atoms with E-state index in [9.17, 15) is 0 Å². The van der Waals surface area contributed by atoms with E-state index in [0.29, 0.717) is 18.7 Å². The number of nitrogens with one attached hydrogen (secondary N) is 1. The molecule has 20 heavy (non-hydrogen) atoms. The summed E-state index contributed by atoms with van der Waals surface area (Å²) in [5.41, 5.74) is 1.76. The van der Waals surface area contributed by atoms with Gasteiger partial charge in [0.2, 0.25) is 0 Å². The van der Waals surface area contributed by atoms with E-state index in [1.54, 1.807) is 6.20 Å². The minimum absolute atomic E-state index is 0.644. The van der Waals surface area contributed by atoms with Gasteiger partial charge in [0.25, 0.3) is 0 Å². The molecule has 102 valence electrons. The van der Waals surface area contributed by atoms with Crippen LogP contribution in [-0.4, -0.2) is 11.6 Å². The quantitative estimate of drug-likeness (QED) is 0.872. The molecule has 1 aromatic carbocycles. The van der Waals surface area contributed by atoms with E-state index < -0.39 is 0 Å². The van der Waals surface area contributed by atoms with E-state index in [4.69, 9.17) is 10.00 Å². The summed E-state index contributed by atoms with van der Waals surface area (Å²) in [6, 6.07) is 13.4. The summed E-state index contributed by atoms with van der Waals surface area (Å²) >= 11 is 0. The maximum absolute atomic E-state index is 8.76. The van der Waals surface area contributed by atoms with Crippen molar-refractivity contribution >= 4 is 5.82 Å². The van der Waals surface area contributed by atoms with Crippen molar-refractivity contribution in [3.63, 3.8) is 0 Å². The lowest BCUT2D eigenvalue weighted by atomic mass is 10.1. The minimum Gasteiger partial charge on any atom is -0.490 e. The molecule has 0 radical (unpaired) electrons. The van der Waals surface area contributed by atoms with Crippen LogP contribution in [-0.2, 0) is 6.54 Å². The lowest BCUT2D eigenvalue weighted by molar-refractivity contribution is 0.318. The third kappa shape index (κ3) is 3.72. The molecule has 0 saturated carbocycles. The van der Waals surface area contributed by atoms with Gasteiger partial charge >= 0.3 is 0 Å². The normalized spacial score (nSPS) is 9.80. The number of aromatic nitrogens is 1. The molecule has 0 atom stereocenters. The molecule has 0 bridgehead atoms. The summed E-state index contributed by atoms with van der Waals surface area (Å²) in [5.74, 6) is 1.51. The summed E-state index contributed by atoms with van der Waals surface area (Å²) in [5, 5.41) is 12.0. The van der Waals surface area contributed by atoms with E-state index in [1.807, 2.05) is 36.4 Å². The Hall–Kier alpha value is -2.54. The zero-order valence-corrected chi connectivity index (χ0v) is 11.5. The second kappa shape index (κ2) is 7.15. The van der Waals surface area contributed by atoms with Crippen LogP contribution >= 0.6 is 0 Å². The summed E-state index contributed by atoms with van der Waals surface area (Å²) in [7, 11) is 0. The van der Waals surface area contributed by atoms with Gasteiger partial charge in [-0.15, -0.1) is 0 Å². The number of anilines is 1. The first kappa shape index (κ1) is 13.9. The van der Waals surface area contributed by atoms with Gasteiger partial charge in [0, 0.05) is 12.7 Å². The first-order valence-electron chi connectivity index (χ1n) is 6.64. The summed E-state index contributed by atoms with van der Waals surface area (Å²) in [4.78, 5) is 4.29. The van der Waals surface area contributed by atoms with Gasteiger partial charge in [0.15, 0.2) is 11.6 Å². The molecule has 0 amide bonds. The number of hydrogen-bond acceptors (Lipinski definition) is 4. The summed E-state index contributed by atoms with van der Waals surface area (Å²) in [6.07, 6.45) is 2.70. The smallest absolute Gasteiger partial charge is 0.169 e. The highest BCUT2D eigenvalue weighted by Gasteiger charge is 2.03. The second-order valence-electron chi connectivity index (χ2n) is 4.36. The number of ether oxygens (including phenoxy) is 1. The van der Waals surface area contributed by atoms with Crippen LogP contribution in [0, 0.1) is 11.3 Å². The molecule has 2 aromatic rings. The summed E-state index contributed by atoms with van der Waals surface area (Å²) < 4.78 is 5.64. The fourth-order valence-corrected chi connectivity index (χ4v) is 1.73. The van der Waals surface area contributed by atoms with Crippen molar-refractivity contribution in [2.75, 3.05) is 11.9 Å². The lowest BCUT2D eigenvalue weighted by Gasteiger charge is -2.11. The molecule has 4 heteroatoms. The van der Waals surface area contributed by atoms with Gasteiger partial charge in [-0.05, 0) is 36.2 Å². The second-order valence-corrected chi connectivity index (χ2v) is 4.36. The van der Waals surface area contributed by atoms with Crippen LogP contribution in [0.5, 0.6) is 5.75 Å². The maximum atomic E-state index is 8.76. The highest BCUT2D eigenvalue weighted by molar-refractivity contribution is 5.50. The molecule has 0 aliphatic heterocycles. The molecule has 0 unspecified atom stereocenters. The molecule has 4 nitrogen and oxygen atoms in total. The predicted octanol–water partition coefficient (Wildman–Crippen LogP) is 3.35. The van der Waals surface area contributed by atoms with Crippen LogP contribution in [0.2, 0.25) is 0 Å². The van der Waals surface area contributed by atoms with Crippen molar-refractivity contribution in [1.29, 1.82) is 5.26 Å². The molecule has 0 saturated heterocycles. The van der Waals surface area contributed by atoms with Crippen molar-refractivity contribution in [2.24, 2.45) is 0 Å². The van der Waals surface area contributed by atoms with Gasteiger partial charge in [0.05, 0.1) is 18.2 Å². The Morgan fingerprint density at radius 2 is 2.05 bits per heavy atom. The van der Waals surface area contributed by atoms with Crippen LogP contribution in [0.1, 0.15) is 24.5 Å². The van der Waals surface area contributed by atoms with E-state index in [1.165, 1.54) is 0 Å². The molecule has 0 spiro atoms. The molecule has 0 aliphatic rings. The van der Waals surface area contributed by atoms with Gasteiger partial charge in [-0.2, -0.15) is 5.26 Å². The highest BCUT2D eigenvalue weighted by Crippen LogP contribution is 2.21. The number of pyridine rings is 1. The Labute approximate surface area is 119 Å². The number of nitriles is 1. The van der Waals surface area contributed by atoms with Crippen molar-refractivity contribution in [3.8, 4) is 11.8 Å². The number of benzene rings is 1. The Balaban J connectivity index is 2.01. The van der Waals surface area contributed by atoms with Gasteiger partial charge < -0.3 is 10.1 Å². The van der Waals surface area contributed by atoms with Gasteiger partial charge in [-0.1, -0.05) is 19.1 Å². The minimum atomic E-state index is 0.644. The lowest BCUT2D eigenvalue weighted by Crippen LogP contribution is -2.05. The van der Waals surface area contributed by atoms with Crippen LogP contribution in [0.4, 0.5) is 5.82 Å². The zero-order chi connectivity index (χ0) is 14.2. The fourth-order valence-electron chi connectivity index (χ4n) is 1.73. The van der Waals surface area contributed by atoms with Crippen LogP contribution in [0.25, 0.3) is 0 Å². The molecule has 1 heterocycles.